The van der Waals surface area contributed by atoms with Gasteiger partial charge in [0.25, 0.3) is 5.91 Å². The van der Waals surface area contributed by atoms with Crippen molar-refractivity contribution in [2.75, 3.05) is 20.4 Å². The minimum atomic E-state index is -0.890. The molecule has 3 heterocycles. The normalized spacial score (nSPS) is 16.7. The van der Waals surface area contributed by atoms with Gasteiger partial charge in [-0.15, -0.1) is 0 Å². The highest BCUT2D eigenvalue weighted by Crippen LogP contribution is 2.33. The van der Waals surface area contributed by atoms with Gasteiger partial charge in [-0.3, -0.25) is 14.5 Å². The summed E-state index contributed by atoms with van der Waals surface area (Å²) in [5.41, 5.74) is 2.77. The molecule has 2 aromatic carbocycles. The van der Waals surface area contributed by atoms with E-state index in [1.807, 2.05) is 24.4 Å². The molecule has 1 aromatic heterocycles. The van der Waals surface area contributed by atoms with Crippen molar-refractivity contribution in [2.45, 2.75) is 25.4 Å². The van der Waals surface area contributed by atoms with Gasteiger partial charge in [0.1, 0.15) is 11.8 Å². The number of carbonyl (C=O) groups is 3. The quantitative estimate of drug-likeness (QED) is 0.439. The Labute approximate surface area is 195 Å². The number of carbonyl (C=O) groups excluding carboxylic acids is 3. The van der Waals surface area contributed by atoms with Crippen LogP contribution >= 0.6 is 0 Å². The van der Waals surface area contributed by atoms with Gasteiger partial charge in [-0.2, -0.15) is 0 Å². The molecule has 0 radical (unpaired) electrons. The molecule has 2 aliphatic heterocycles. The highest BCUT2D eigenvalue weighted by atomic mass is 16.7. The third-order valence-electron chi connectivity index (χ3n) is 5.97. The van der Waals surface area contributed by atoms with E-state index in [1.165, 1.54) is 0 Å². The van der Waals surface area contributed by atoms with Crippen molar-refractivity contribution in [3.63, 3.8) is 0 Å². The monoisotopic (exact) mass is 464 g/mol. The van der Waals surface area contributed by atoms with Crippen LogP contribution in [0.15, 0.2) is 42.6 Å². The molecule has 0 aliphatic carbocycles. The number of nitrogens with one attached hydrogen (secondary N) is 3. The molecule has 10 nitrogen and oxygen atoms in total. The zero-order chi connectivity index (χ0) is 23.7. The fraction of sp³-hybridized carbons (Fsp3) is 0.292. The van der Waals surface area contributed by atoms with Gasteiger partial charge in [-0.25, -0.2) is 4.79 Å². The van der Waals surface area contributed by atoms with Gasteiger partial charge < -0.3 is 29.8 Å². The van der Waals surface area contributed by atoms with Crippen molar-refractivity contribution in [1.29, 1.82) is 0 Å². The topological polar surface area (TPSA) is 122 Å². The molecule has 2 aliphatic rings. The molecule has 3 N–H and O–H groups in total. The lowest BCUT2D eigenvalue weighted by molar-refractivity contribution is -0.131. The number of hydrogen-bond donors (Lipinski definition) is 3. The highest BCUT2D eigenvalue weighted by Gasteiger charge is 2.39. The number of aromatic nitrogens is 1. The van der Waals surface area contributed by atoms with Crippen molar-refractivity contribution in [2.24, 2.45) is 0 Å². The lowest BCUT2D eigenvalue weighted by Crippen LogP contribution is -2.37. The number of imide groups is 1. The van der Waals surface area contributed by atoms with E-state index in [9.17, 15) is 14.4 Å². The molecule has 5 rings (SSSR count). The average molecular weight is 464 g/mol. The number of amides is 4. The second kappa shape index (κ2) is 8.97. The van der Waals surface area contributed by atoms with Crippen LogP contribution in [-0.4, -0.2) is 54.2 Å². The lowest BCUT2D eigenvalue weighted by atomic mass is 10.1. The predicted molar refractivity (Wildman–Crippen MR) is 122 cm³/mol. The van der Waals surface area contributed by atoms with Gasteiger partial charge in [0, 0.05) is 23.6 Å². The summed E-state index contributed by atoms with van der Waals surface area (Å²) in [4.78, 5) is 41.9. The Kier molecular flexibility index (Phi) is 5.70. The molecule has 176 valence electrons. The summed E-state index contributed by atoms with van der Waals surface area (Å²) in [6, 6.07) is 9.62. The van der Waals surface area contributed by atoms with Gasteiger partial charge in [0.15, 0.2) is 11.5 Å². The van der Waals surface area contributed by atoms with Gasteiger partial charge in [0.2, 0.25) is 12.7 Å². The first-order chi connectivity index (χ1) is 16.5. The van der Waals surface area contributed by atoms with Crippen LogP contribution in [0.5, 0.6) is 17.2 Å². The van der Waals surface area contributed by atoms with Crippen LogP contribution in [-0.2, 0) is 22.6 Å². The van der Waals surface area contributed by atoms with Crippen molar-refractivity contribution in [1.82, 2.24) is 20.5 Å². The SMILES string of the molecule is COc1ccc2[nH]cc(CCNC(=O)C[C@H]3NC(=O)N(Cc4ccc5c(c4)OCO5)C3=O)c2c1. The number of nitrogens with zero attached hydrogens (tertiary/aromatic N) is 1. The van der Waals surface area contributed by atoms with Gasteiger partial charge in [0.05, 0.1) is 20.1 Å². The lowest BCUT2D eigenvalue weighted by Gasteiger charge is -2.13. The third-order valence-corrected chi connectivity index (χ3v) is 5.97. The Balaban J connectivity index is 1.14. The fourth-order valence-electron chi connectivity index (χ4n) is 4.17. The fourth-order valence-corrected chi connectivity index (χ4v) is 4.17. The number of methoxy groups -OCH3 is 1. The van der Waals surface area contributed by atoms with Gasteiger partial charge in [-0.05, 0) is 47.9 Å². The van der Waals surface area contributed by atoms with E-state index in [2.05, 4.69) is 15.6 Å². The molecule has 0 saturated carbocycles. The number of ether oxygens (including phenoxy) is 3. The summed E-state index contributed by atoms with van der Waals surface area (Å²) in [7, 11) is 1.62. The molecule has 3 aromatic rings. The summed E-state index contributed by atoms with van der Waals surface area (Å²) < 4.78 is 15.9. The Morgan fingerprint density at radius 2 is 2.03 bits per heavy atom. The first kappa shape index (κ1) is 21.6. The zero-order valence-corrected chi connectivity index (χ0v) is 18.6. The molecular formula is C24H24N4O6. The first-order valence-corrected chi connectivity index (χ1v) is 10.9. The van der Waals surface area contributed by atoms with Crippen LogP contribution in [0.3, 0.4) is 0 Å². The maximum Gasteiger partial charge on any atom is 0.325 e. The van der Waals surface area contributed by atoms with Crippen molar-refractivity contribution in [3.8, 4) is 17.2 Å². The number of aromatic amines is 1. The minimum Gasteiger partial charge on any atom is -0.497 e. The van der Waals surface area contributed by atoms with E-state index in [0.29, 0.717) is 24.5 Å². The van der Waals surface area contributed by atoms with Crippen LogP contribution < -0.4 is 24.8 Å². The van der Waals surface area contributed by atoms with E-state index in [4.69, 9.17) is 14.2 Å². The molecule has 10 heteroatoms. The Bertz CT molecular complexity index is 1270. The summed E-state index contributed by atoms with van der Waals surface area (Å²) in [6.45, 7) is 0.635. The molecule has 1 atom stereocenters. The summed E-state index contributed by atoms with van der Waals surface area (Å²) in [5, 5.41) is 6.47. The van der Waals surface area contributed by atoms with E-state index < -0.39 is 18.0 Å². The third kappa shape index (κ3) is 4.21. The maximum atomic E-state index is 12.7. The van der Waals surface area contributed by atoms with Crippen LogP contribution in [0, 0.1) is 0 Å². The molecular weight excluding hydrogens is 440 g/mol. The van der Waals surface area contributed by atoms with E-state index >= 15 is 0 Å². The van der Waals surface area contributed by atoms with E-state index in [0.717, 1.165) is 32.7 Å². The maximum absolute atomic E-state index is 12.7. The van der Waals surface area contributed by atoms with Gasteiger partial charge >= 0.3 is 6.03 Å². The second-order valence-electron chi connectivity index (χ2n) is 8.14. The summed E-state index contributed by atoms with van der Waals surface area (Å²) in [5.74, 6) is 1.23. The van der Waals surface area contributed by atoms with Crippen molar-refractivity contribution < 1.29 is 28.6 Å². The average Bonchev–Trinajstić information content (AvgIpc) is 3.53. The molecule has 34 heavy (non-hydrogen) atoms. The van der Waals surface area contributed by atoms with Crippen molar-refractivity contribution >= 4 is 28.7 Å². The highest BCUT2D eigenvalue weighted by molar-refractivity contribution is 6.05. The smallest absolute Gasteiger partial charge is 0.325 e. The van der Waals surface area contributed by atoms with Crippen molar-refractivity contribution in [3.05, 3.63) is 53.7 Å². The zero-order valence-electron chi connectivity index (χ0n) is 18.6. The largest absolute Gasteiger partial charge is 0.497 e. The van der Waals surface area contributed by atoms with Gasteiger partial charge in [-0.1, -0.05) is 6.07 Å². The van der Waals surface area contributed by atoms with Crippen LogP contribution in [0.4, 0.5) is 4.79 Å². The molecule has 0 bridgehead atoms. The minimum absolute atomic E-state index is 0.0868. The number of fused-ring (bicyclic) bond motifs is 2. The number of H-pyrrole nitrogens is 1. The molecule has 0 unspecified atom stereocenters. The summed E-state index contributed by atoms with van der Waals surface area (Å²) in [6.07, 6.45) is 2.40. The summed E-state index contributed by atoms with van der Waals surface area (Å²) >= 11 is 0. The van der Waals surface area contributed by atoms with Crippen LogP contribution in [0.25, 0.3) is 10.9 Å². The Morgan fingerprint density at radius 3 is 2.88 bits per heavy atom. The standard InChI is InChI=1S/C24H24N4O6/c1-32-16-3-4-18-17(9-16)15(11-26-18)6-7-25-22(29)10-19-23(30)28(24(31)27-19)12-14-2-5-20-21(8-14)34-13-33-20/h2-5,8-9,11,19,26H,6-7,10,12-13H2,1H3,(H,25,29)(H,27,31)/t19-/m1/s1. The number of hydrogen-bond acceptors (Lipinski definition) is 6. The molecule has 0 spiro atoms. The molecule has 4 amide bonds. The molecule has 1 fully saturated rings. The Morgan fingerprint density at radius 1 is 1.18 bits per heavy atom. The predicted octanol–water partition coefficient (Wildman–Crippen LogP) is 2.07. The second-order valence-corrected chi connectivity index (χ2v) is 8.14. The van der Waals surface area contributed by atoms with E-state index in [-0.39, 0.29) is 25.7 Å². The van der Waals surface area contributed by atoms with Crippen LogP contribution in [0.2, 0.25) is 0 Å². The number of urea groups is 1. The Hall–Kier alpha value is -4.21. The number of rotatable bonds is 8. The first-order valence-electron chi connectivity index (χ1n) is 10.9. The molecule has 1 saturated heterocycles. The number of benzene rings is 2. The van der Waals surface area contributed by atoms with E-state index in [1.54, 1.807) is 25.3 Å². The van der Waals surface area contributed by atoms with Crippen LogP contribution in [0.1, 0.15) is 17.5 Å².